The van der Waals surface area contributed by atoms with Crippen molar-refractivity contribution < 1.29 is 30.2 Å². The minimum absolute atomic E-state index is 0.0599. The lowest BCUT2D eigenvalue weighted by Gasteiger charge is -2.18. The first kappa shape index (κ1) is 39.9. The van der Waals surface area contributed by atoms with Gasteiger partial charge in [-0.15, -0.1) is 0 Å². The van der Waals surface area contributed by atoms with Gasteiger partial charge in [0.15, 0.2) is 0 Å². The molecule has 456 valence electrons. The van der Waals surface area contributed by atoms with Crippen molar-refractivity contribution in [3.8, 4) is 100 Å². The van der Waals surface area contributed by atoms with Crippen LogP contribution in [0, 0.1) is 6.92 Å². The van der Waals surface area contributed by atoms with Crippen LogP contribution in [-0.2, 0) is 0 Å². The van der Waals surface area contributed by atoms with E-state index in [1.807, 2.05) is 188 Å². The predicted octanol–water partition coefficient (Wildman–Crippen LogP) is 27.3. The molecule has 0 aliphatic rings. The molecule has 0 aliphatic heterocycles. The minimum atomic E-state index is -0.436. The first-order chi connectivity index (χ1) is 57.2. The Bertz CT molecular complexity index is 6920. The maximum Gasteiger partial charge on any atom is 0.0629 e. The van der Waals surface area contributed by atoms with E-state index < -0.39 is 30.2 Å². The average molecular weight is 1260 g/mol. The van der Waals surface area contributed by atoms with E-state index in [0.29, 0.717) is 44.5 Å². The van der Waals surface area contributed by atoms with E-state index in [1.54, 1.807) is 43.3 Å². The minimum Gasteiger partial charge on any atom is -0.0622 e. The van der Waals surface area contributed by atoms with E-state index in [0.717, 1.165) is 87.6 Å². The second kappa shape index (κ2) is 26.9. The number of hydrogen-bond donors (Lipinski definition) is 0. The summed E-state index contributed by atoms with van der Waals surface area (Å²) >= 11 is 0. The van der Waals surface area contributed by atoms with Gasteiger partial charge in [0.2, 0.25) is 0 Å². The summed E-state index contributed by atoms with van der Waals surface area (Å²) in [5, 5.41) is 7.67. The third-order valence-electron chi connectivity index (χ3n) is 17.6. The van der Waals surface area contributed by atoms with Gasteiger partial charge in [-0.1, -0.05) is 399 Å². The van der Waals surface area contributed by atoms with Crippen LogP contribution in [0.4, 0.5) is 0 Å². The summed E-state index contributed by atoms with van der Waals surface area (Å²) in [6, 6.07) is 77.3. The Morgan fingerprint density at radius 3 is 0.629 bits per heavy atom. The van der Waals surface area contributed by atoms with Crippen molar-refractivity contribution in [3.63, 3.8) is 0 Å². The van der Waals surface area contributed by atoms with E-state index >= 15 is 0 Å². The van der Waals surface area contributed by atoms with E-state index in [4.69, 9.17) is 30.2 Å². The van der Waals surface area contributed by atoms with Crippen molar-refractivity contribution in [1.29, 1.82) is 0 Å². The Kier molecular flexibility index (Phi) is 11.1. The van der Waals surface area contributed by atoms with Crippen LogP contribution in [0.15, 0.2) is 394 Å². The van der Waals surface area contributed by atoms with E-state index in [-0.39, 0.29) is 141 Å². The fourth-order valence-electron chi connectivity index (χ4n) is 13.2. The molecule has 18 aromatic carbocycles. The normalized spacial score (nSPS) is 14.3. The first-order valence-corrected chi connectivity index (χ1v) is 31.8. The van der Waals surface area contributed by atoms with Crippen LogP contribution in [0.3, 0.4) is 0 Å². The second-order valence-corrected chi connectivity index (χ2v) is 23.3. The number of rotatable bonds is 9. The fourth-order valence-corrected chi connectivity index (χ4v) is 13.2. The maximum atomic E-state index is 8.96. The number of fused-ring (bicyclic) bond motifs is 6. The predicted molar refractivity (Wildman–Crippen MR) is 418 cm³/mol. The Morgan fingerprint density at radius 1 is 0.144 bits per heavy atom. The first-order valence-electron chi connectivity index (χ1n) is 42.8. The molecule has 0 unspecified atom stereocenters. The average Bonchev–Trinajstić information content (AvgIpc) is 0.690. The van der Waals surface area contributed by atoms with Crippen LogP contribution in [0.2, 0.25) is 0 Å². The van der Waals surface area contributed by atoms with Crippen LogP contribution in [0.5, 0.6) is 0 Å². The van der Waals surface area contributed by atoms with Crippen molar-refractivity contribution in [2.75, 3.05) is 0 Å². The van der Waals surface area contributed by atoms with Gasteiger partial charge in [0.25, 0.3) is 0 Å². The molecule has 0 fully saturated rings. The van der Waals surface area contributed by atoms with E-state index in [9.17, 15) is 0 Å². The summed E-state index contributed by atoms with van der Waals surface area (Å²) in [6.07, 6.45) is 0. The van der Waals surface area contributed by atoms with Gasteiger partial charge in [0.1, 0.15) is 0 Å². The lowest BCUT2D eigenvalue weighted by molar-refractivity contribution is 1.47. The van der Waals surface area contributed by atoms with Gasteiger partial charge in [-0.2, -0.15) is 0 Å². The lowest BCUT2D eigenvalue weighted by atomic mass is 9.86. The molecule has 18 rings (SSSR count). The molecule has 0 heteroatoms. The van der Waals surface area contributed by atoms with Crippen molar-refractivity contribution >= 4 is 64.6 Å². The summed E-state index contributed by atoms with van der Waals surface area (Å²) in [6.45, 7) is 1.58. The monoisotopic (exact) mass is 1250 g/mol. The highest BCUT2D eigenvalue weighted by Crippen LogP contribution is 2.47. The smallest absolute Gasteiger partial charge is 0.0622 e. The molecular formula is C97H68. The van der Waals surface area contributed by atoms with Crippen LogP contribution >= 0.6 is 0 Å². The maximum absolute atomic E-state index is 8.96. The van der Waals surface area contributed by atoms with Gasteiger partial charge >= 0.3 is 0 Å². The topological polar surface area (TPSA) is 0 Å². The molecule has 97 heavy (non-hydrogen) atoms. The van der Waals surface area contributed by atoms with Crippen LogP contribution < -0.4 is 0 Å². The quantitative estimate of drug-likeness (QED) is 0.126. The molecule has 0 amide bonds. The molecule has 0 aliphatic carbocycles. The highest BCUT2D eigenvalue weighted by atomic mass is 14.2. The third kappa shape index (κ3) is 11.7. The molecular weight excluding hydrogens is 1170 g/mol. The molecule has 0 radical (unpaired) electrons. The van der Waals surface area contributed by atoms with E-state index in [2.05, 4.69) is 36.4 Å². The van der Waals surface area contributed by atoms with Gasteiger partial charge < -0.3 is 0 Å². The summed E-state index contributed by atoms with van der Waals surface area (Å²) in [4.78, 5) is 0. The van der Waals surface area contributed by atoms with Gasteiger partial charge in [-0.05, 0) is 172 Å². The molecule has 0 saturated carbocycles. The van der Waals surface area contributed by atoms with Gasteiger partial charge in [0.05, 0.1) is 30.2 Å². The molecule has 0 spiro atoms. The zero-order valence-corrected chi connectivity index (χ0v) is 52.3. The standard InChI is InChI=1S/C33H24.2C32H22/c1-23-15-17-24(18-16-23)25-19-21-27(22-20-25)33-30-13-7-5-11-28(30)32(26-9-3-2-4-10-26)29-12-6-8-14-31(29)33;2*1-3-11-23(12-4-1)24-19-21-26(22-20-24)32-29-17-9-7-15-27(29)31(25-13-5-2-6-14-25)28-16-8-10-18-30(28)32/h2-22H,1H3;2*1-22H/i2D,3D,4D,9D,10D,15D,16D,17D,18D;7D,8D,9D,10D,15D,16D,17D,18D;2D,5D,6D,13D,14D. The van der Waals surface area contributed by atoms with Gasteiger partial charge in [-0.25, -0.2) is 0 Å². The summed E-state index contributed by atoms with van der Waals surface area (Å²) in [5.74, 6) is 0. The second-order valence-electron chi connectivity index (χ2n) is 23.3. The Balaban J connectivity index is 0.000000133. The van der Waals surface area contributed by atoms with Crippen molar-refractivity contribution in [2.45, 2.75) is 6.92 Å². The fraction of sp³-hybridized carbons (Fsp3) is 0.0103. The largest absolute Gasteiger partial charge is 0.0629 e. The van der Waals surface area contributed by atoms with Crippen molar-refractivity contribution in [2.24, 2.45) is 0 Å². The third-order valence-corrected chi connectivity index (χ3v) is 17.6. The van der Waals surface area contributed by atoms with Gasteiger partial charge in [0, 0.05) is 0 Å². The van der Waals surface area contributed by atoms with Crippen molar-refractivity contribution in [1.82, 2.24) is 0 Å². The Morgan fingerprint density at radius 2 is 0.340 bits per heavy atom. The zero-order chi connectivity index (χ0) is 84.0. The van der Waals surface area contributed by atoms with Crippen LogP contribution in [-0.4, -0.2) is 0 Å². The Labute approximate surface area is 598 Å². The van der Waals surface area contributed by atoms with E-state index in [1.165, 1.54) is 0 Å². The molecule has 0 nitrogen and oxygen atoms in total. The molecule has 0 heterocycles. The lowest BCUT2D eigenvalue weighted by Crippen LogP contribution is -1.90. The number of benzene rings is 18. The molecule has 0 bridgehead atoms. The molecule has 18 aromatic rings. The summed E-state index contributed by atoms with van der Waals surface area (Å²) in [5.41, 5.74) is 12.7. The van der Waals surface area contributed by atoms with Crippen LogP contribution in [0.25, 0.3) is 165 Å². The highest BCUT2D eigenvalue weighted by molar-refractivity contribution is 6.24. The van der Waals surface area contributed by atoms with Crippen LogP contribution in [0.1, 0.15) is 35.7 Å². The zero-order valence-electron chi connectivity index (χ0n) is 74.3. The molecule has 0 atom stereocenters. The molecule has 0 aromatic heterocycles. The summed E-state index contributed by atoms with van der Waals surface area (Å²) < 4.78 is 187. The molecule has 0 N–H and O–H groups in total. The van der Waals surface area contributed by atoms with Crippen molar-refractivity contribution in [3.05, 3.63) is 399 Å². The highest BCUT2D eigenvalue weighted by Gasteiger charge is 2.20. The Hall–Kier alpha value is -12.5. The van der Waals surface area contributed by atoms with Gasteiger partial charge in [-0.3, -0.25) is 0 Å². The molecule has 0 saturated heterocycles. The summed E-state index contributed by atoms with van der Waals surface area (Å²) in [7, 11) is 0. The SMILES string of the molecule is [2H]c1c([2H])c([2H])c(-c2c3ccccc3c(-c3ccc(-c4c([2H])c([2H])c(C)c([2H])c4[2H])cc3)c3ccccc23)c([2H])c1[2H].[2H]c1c([2H])c([2H])c(-c2c3ccccc3c(-c3ccc(-c4ccccc4)cc3)c3ccccc23)c([2H])c1[2H].[2H]c1c([2H])c([2H])c2c(-c3ccc(-c4ccccc4)cc3)c3c([2H])c([2H])c([2H])c([2H])c3c(-c3ccccc3)c2c1[2H]. The number of hydrogen-bond acceptors (Lipinski definition) is 0.